The molecule has 0 amide bonds. The van der Waals surface area contributed by atoms with Crippen molar-refractivity contribution in [3.05, 3.63) is 48.0 Å². The van der Waals surface area contributed by atoms with E-state index in [1.807, 2.05) is 18.2 Å². The topological polar surface area (TPSA) is 108 Å². The van der Waals surface area contributed by atoms with Crippen LogP contribution in [-0.4, -0.2) is 41.8 Å². The van der Waals surface area contributed by atoms with E-state index in [-0.39, 0.29) is 4.90 Å². The number of nitrogens with zero attached hydrogens (tertiary/aromatic N) is 2. The van der Waals surface area contributed by atoms with E-state index < -0.39 is 10.0 Å². The highest BCUT2D eigenvalue weighted by Gasteiger charge is 2.22. The normalized spacial score (nSPS) is 18.2. The van der Waals surface area contributed by atoms with Crippen LogP contribution < -0.4 is 5.14 Å². The number of likely N-dealkylation sites (tertiary alicyclic amines) is 1. The second kappa shape index (κ2) is 6.95. The molecule has 1 atom stereocenters. The number of benzene rings is 2. The summed E-state index contributed by atoms with van der Waals surface area (Å²) in [6, 6.07) is 13.3. The first-order valence-corrected chi connectivity index (χ1v) is 10.5. The van der Waals surface area contributed by atoms with E-state index in [0.717, 1.165) is 36.7 Å². The summed E-state index contributed by atoms with van der Waals surface area (Å²) in [4.78, 5) is 2.52. The second-order valence-electron chi connectivity index (χ2n) is 7.25. The number of aromatic nitrogens is 3. The van der Waals surface area contributed by atoms with Crippen LogP contribution in [0.1, 0.15) is 18.9 Å². The lowest BCUT2D eigenvalue weighted by Gasteiger charge is -2.17. The molecule has 8 heteroatoms. The van der Waals surface area contributed by atoms with Gasteiger partial charge in [-0.3, -0.25) is 10.00 Å². The van der Waals surface area contributed by atoms with Crippen LogP contribution in [0.4, 0.5) is 0 Å². The fraction of sp³-hybridized carbons (Fsp3) is 0.316. The van der Waals surface area contributed by atoms with Gasteiger partial charge in [-0.2, -0.15) is 0 Å². The molecule has 0 bridgehead atoms. The van der Waals surface area contributed by atoms with Crippen LogP contribution in [0.25, 0.3) is 22.5 Å². The van der Waals surface area contributed by atoms with Gasteiger partial charge >= 0.3 is 0 Å². The van der Waals surface area contributed by atoms with E-state index in [9.17, 15) is 8.42 Å². The Bertz CT molecular complexity index is 1030. The van der Waals surface area contributed by atoms with Gasteiger partial charge in [-0.1, -0.05) is 43.3 Å². The van der Waals surface area contributed by atoms with Gasteiger partial charge in [0.2, 0.25) is 10.0 Å². The molecule has 0 spiro atoms. The first-order valence-electron chi connectivity index (χ1n) is 8.98. The lowest BCUT2D eigenvalue weighted by Crippen LogP contribution is -2.19. The molecule has 3 aromatic rings. The van der Waals surface area contributed by atoms with Crippen LogP contribution in [0.15, 0.2) is 47.4 Å². The van der Waals surface area contributed by atoms with Gasteiger partial charge in [0, 0.05) is 18.7 Å². The van der Waals surface area contributed by atoms with Crippen molar-refractivity contribution in [3.8, 4) is 22.5 Å². The number of H-pyrrole nitrogens is 2. The van der Waals surface area contributed by atoms with Gasteiger partial charge in [0.25, 0.3) is 0 Å². The largest absolute Gasteiger partial charge is 0.299 e. The minimum Gasteiger partial charge on any atom is -0.299 e. The van der Waals surface area contributed by atoms with Gasteiger partial charge in [0.1, 0.15) is 0 Å². The molecular weight excluding hydrogens is 362 g/mol. The van der Waals surface area contributed by atoms with E-state index in [2.05, 4.69) is 39.4 Å². The molecule has 1 aromatic heterocycles. The molecule has 0 saturated carbocycles. The lowest BCUT2D eigenvalue weighted by molar-refractivity contribution is 0.320. The zero-order valence-electron chi connectivity index (χ0n) is 15.1. The molecule has 7 nitrogen and oxygen atoms in total. The molecule has 1 fully saturated rings. The monoisotopic (exact) mass is 385 g/mol. The van der Waals surface area contributed by atoms with Gasteiger partial charge in [-0.15, -0.1) is 5.10 Å². The van der Waals surface area contributed by atoms with Crippen LogP contribution >= 0.6 is 0 Å². The standard InChI is InChI=1S/C19H23N5O2S/c1-13-9-10-24(11-13)12-14-5-7-15(8-6-14)16-3-2-4-17(27(20,25)26)18(16)19-21-23-22-19/h2-8,13,23H,9-12H2,1H3,(H,21,22)(H2,20,25,26). The molecule has 0 radical (unpaired) electrons. The Kier molecular flexibility index (Phi) is 4.63. The molecule has 142 valence electrons. The predicted octanol–water partition coefficient (Wildman–Crippen LogP) is 2.56. The van der Waals surface area contributed by atoms with Crippen LogP contribution in [-0.2, 0) is 16.6 Å². The molecule has 2 aromatic carbocycles. The van der Waals surface area contributed by atoms with Crippen molar-refractivity contribution < 1.29 is 8.42 Å². The van der Waals surface area contributed by atoms with Crippen LogP contribution in [0.3, 0.4) is 0 Å². The highest BCUT2D eigenvalue weighted by molar-refractivity contribution is 7.89. The van der Waals surface area contributed by atoms with Crippen molar-refractivity contribution in [2.24, 2.45) is 11.1 Å². The summed E-state index contributed by atoms with van der Waals surface area (Å²) in [6.07, 6.45) is 1.25. The third-order valence-electron chi connectivity index (χ3n) is 5.09. The van der Waals surface area contributed by atoms with E-state index in [1.165, 1.54) is 18.1 Å². The highest BCUT2D eigenvalue weighted by Crippen LogP contribution is 2.35. The average Bonchev–Trinajstić information content (AvgIpc) is 2.98. The van der Waals surface area contributed by atoms with Crippen molar-refractivity contribution in [2.75, 3.05) is 13.1 Å². The smallest absolute Gasteiger partial charge is 0.238 e. The predicted molar refractivity (Wildman–Crippen MR) is 104 cm³/mol. The van der Waals surface area contributed by atoms with Crippen molar-refractivity contribution in [1.29, 1.82) is 0 Å². The Balaban J connectivity index is 1.68. The van der Waals surface area contributed by atoms with Crippen LogP contribution in [0.5, 0.6) is 0 Å². The minimum absolute atomic E-state index is 0.0582. The molecule has 4 N–H and O–H groups in total. The second-order valence-corrected chi connectivity index (χ2v) is 8.78. The maximum atomic E-state index is 12.0. The first-order chi connectivity index (χ1) is 12.9. The SMILES string of the molecule is CC1CCN(Cc2ccc(-c3cccc(S(N)(=O)=O)c3-c3n[nH][nH]3)cc2)C1. The number of rotatable bonds is 5. The third kappa shape index (κ3) is 3.69. The number of nitrogens with one attached hydrogen (secondary N) is 2. The molecule has 2 heterocycles. The van der Waals surface area contributed by atoms with Crippen LogP contribution in [0, 0.1) is 5.92 Å². The molecule has 1 aliphatic heterocycles. The summed E-state index contributed by atoms with van der Waals surface area (Å²) in [5, 5.41) is 14.8. The van der Waals surface area contributed by atoms with Crippen molar-refractivity contribution in [2.45, 2.75) is 24.8 Å². The molecular formula is C19H23N5O2S. The number of hydrogen-bond donors (Lipinski definition) is 3. The van der Waals surface area contributed by atoms with E-state index in [4.69, 9.17) is 5.14 Å². The van der Waals surface area contributed by atoms with Gasteiger partial charge < -0.3 is 0 Å². The molecule has 4 rings (SSSR count). The maximum absolute atomic E-state index is 12.0. The Labute approximate surface area is 158 Å². The van der Waals surface area contributed by atoms with Crippen molar-refractivity contribution in [1.82, 2.24) is 20.3 Å². The summed E-state index contributed by atoms with van der Waals surface area (Å²) in [7, 11) is -3.87. The quantitative estimate of drug-likeness (QED) is 0.627. The Morgan fingerprint density at radius 1 is 1.22 bits per heavy atom. The van der Waals surface area contributed by atoms with E-state index in [0.29, 0.717) is 11.4 Å². The number of sulfonamides is 1. The summed E-state index contributed by atoms with van der Waals surface area (Å²) >= 11 is 0. The van der Waals surface area contributed by atoms with Crippen LogP contribution in [0.2, 0.25) is 0 Å². The van der Waals surface area contributed by atoms with E-state index in [1.54, 1.807) is 6.07 Å². The van der Waals surface area contributed by atoms with Gasteiger partial charge in [0.05, 0.1) is 4.90 Å². The fourth-order valence-electron chi connectivity index (χ4n) is 3.70. The summed E-state index contributed by atoms with van der Waals surface area (Å²) in [6.45, 7) is 5.50. The Hall–Kier alpha value is -2.42. The molecule has 27 heavy (non-hydrogen) atoms. The number of nitrogens with two attached hydrogens (primary N) is 1. The lowest BCUT2D eigenvalue weighted by atomic mass is 9.98. The molecule has 0 aliphatic carbocycles. The minimum atomic E-state index is -3.87. The van der Waals surface area contributed by atoms with Crippen molar-refractivity contribution in [3.63, 3.8) is 0 Å². The zero-order valence-corrected chi connectivity index (χ0v) is 16.0. The number of hydrogen-bond acceptors (Lipinski definition) is 4. The summed E-state index contributed by atoms with van der Waals surface area (Å²) in [5.41, 5.74) is 3.43. The Morgan fingerprint density at radius 2 is 1.96 bits per heavy atom. The number of aromatic amines is 2. The summed E-state index contributed by atoms with van der Waals surface area (Å²) < 4.78 is 24.0. The summed E-state index contributed by atoms with van der Waals surface area (Å²) in [5.74, 6) is 1.22. The fourth-order valence-corrected chi connectivity index (χ4v) is 4.46. The van der Waals surface area contributed by atoms with Gasteiger partial charge in [-0.05, 0) is 41.6 Å². The molecule has 1 saturated heterocycles. The zero-order chi connectivity index (χ0) is 19.0. The first kappa shape index (κ1) is 18.0. The van der Waals surface area contributed by atoms with Gasteiger partial charge in [0.15, 0.2) is 5.82 Å². The number of primary sulfonamides is 1. The Morgan fingerprint density at radius 3 is 2.52 bits per heavy atom. The maximum Gasteiger partial charge on any atom is 0.238 e. The third-order valence-corrected chi connectivity index (χ3v) is 6.04. The van der Waals surface area contributed by atoms with Gasteiger partial charge in [-0.25, -0.2) is 18.8 Å². The molecule has 1 aliphatic rings. The molecule has 1 unspecified atom stereocenters. The van der Waals surface area contributed by atoms with Crippen molar-refractivity contribution >= 4 is 10.0 Å². The van der Waals surface area contributed by atoms with E-state index >= 15 is 0 Å². The highest BCUT2D eigenvalue weighted by atomic mass is 32.2. The average molecular weight is 385 g/mol.